The minimum atomic E-state index is -0.502. The second-order valence-corrected chi connectivity index (χ2v) is 13.4. The molecule has 260 valence electrons. The summed E-state index contributed by atoms with van der Waals surface area (Å²) in [4.78, 5) is 26.2. The van der Waals surface area contributed by atoms with Crippen LogP contribution < -0.4 is 18.9 Å². The molecule has 10 heteroatoms. The standard InChI is InChI=1S/C40H40O10/c41-39(25-7-11-29(12-8-25)43-17-15-27(37-23-47-37)19-31-21-45-31)49-35-5-1-3-33-34(35)4-2-6-36(33)50-40(42)26-9-13-30(14-10-26)44-18-16-28(38-24-48-38)20-32-22-46-32/h1-14,27-28,31-32,37-38H,15-24H2. The number of hydrogen-bond donors (Lipinski definition) is 0. The zero-order valence-corrected chi connectivity index (χ0v) is 27.7. The van der Waals surface area contributed by atoms with E-state index in [2.05, 4.69) is 0 Å². The molecule has 4 aliphatic rings. The van der Waals surface area contributed by atoms with Gasteiger partial charge in [0.1, 0.15) is 23.0 Å². The van der Waals surface area contributed by atoms with Gasteiger partial charge in [0, 0.05) is 10.8 Å². The van der Waals surface area contributed by atoms with E-state index in [1.807, 2.05) is 12.1 Å². The van der Waals surface area contributed by atoms with Crippen LogP contribution in [0.2, 0.25) is 0 Å². The molecule has 4 aliphatic heterocycles. The second-order valence-electron chi connectivity index (χ2n) is 13.4. The topological polar surface area (TPSA) is 121 Å². The van der Waals surface area contributed by atoms with Crippen molar-refractivity contribution in [3.63, 3.8) is 0 Å². The van der Waals surface area contributed by atoms with Crippen LogP contribution in [-0.2, 0) is 18.9 Å². The van der Waals surface area contributed by atoms with Gasteiger partial charge in [0.05, 0.1) is 75.2 Å². The first-order valence-corrected chi connectivity index (χ1v) is 17.4. The zero-order chi connectivity index (χ0) is 33.9. The normalized spacial score (nSPS) is 22.6. The molecule has 0 aromatic heterocycles. The molecule has 0 radical (unpaired) electrons. The predicted molar refractivity (Wildman–Crippen MR) is 182 cm³/mol. The summed E-state index contributed by atoms with van der Waals surface area (Å²) >= 11 is 0. The molecule has 4 fully saturated rings. The molecule has 4 saturated heterocycles. The van der Waals surface area contributed by atoms with Crippen molar-refractivity contribution in [2.45, 2.75) is 50.1 Å². The molecule has 50 heavy (non-hydrogen) atoms. The van der Waals surface area contributed by atoms with Crippen LogP contribution in [0.4, 0.5) is 0 Å². The van der Waals surface area contributed by atoms with Crippen LogP contribution >= 0.6 is 0 Å². The van der Waals surface area contributed by atoms with E-state index in [1.165, 1.54) is 0 Å². The number of fused-ring (bicyclic) bond motifs is 1. The number of rotatable bonds is 18. The highest BCUT2D eigenvalue weighted by Gasteiger charge is 2.38. The summed E-state index contributed by atoms with van der Waals surface area (Å²) in [5, 5.41) is 1.28. The van der Waals surface area contributed by atoms with Gasteiger partial charge in [-0.3, -0.25) is 0 Å². The van der Waals surface area contributed by atoms with Crippen LogP contribution in [0.3, 0.4) is 0 Å². The van der Waals surface area contributed by atoms with Crippen LogP contribution in [0, 0.1) is 11.8 Å². The summed E-state index contributed by atoms with van der Waals surface area (Å²) in [5.41, 5.74) is 0.785. The van der Waals surface area contributed by atoms with E-state index in [0.717, 1.165) is 52.1 Å². The number of esters is 2. The van der Waals surface area contributed by atoms with Crippen molar-refractivity contribution >= 4 is 22.7 Å². The third kappa shape index (κ3) is 8.62. The van der Waals surface area contributed by atoms with Crippen molar-refractivity contribution in [1.82, 2.24) is 0 Å². The summed E-state index contributed by atoms with van der Waals surface area (Å²) in [7, 11) is 0. The van der Waals surface area contributed by atoms with Crippen LogP contribution in [0.25, 0.3) is 10.8 Å². The Labute approximate surface area is 290 Å². The fourth-order valence-electron chi connectivity index (χ4n) is 6.43. The van der Waals surface area contributed by atoms with Crippen molar-refractivity contribution < 1.29 is 47.5 Å². The fourth-order valence-corrected chi connectivity index (χ4v) is 6.43. The SMILES string of the molecule is O=C(Oc1cccc2c(OC(=O)c3ccc(OCCC(CC4CO4)C4CO4)cc3)cccc12)c1ccc(OCCC(CC2CO2)C2CO2)cc1. The average Bonchev–Trinajstić information content (AvgIpc) is 3.93. The third-order valence-corrected chi connectivity index (χ3v) is 9.65. The Morgan fingerprint density at radius 1 is 0.560 bits per heavy atom. The second kappa shape index (κ2) is 14.8. The van der Waals surface area contributed by atoms with Crippen molar-refractivity contribution in [3.8, 4) is 23.0 Å². The molecular formula is C40H40O10. The minimum absolute atomic E-state index is 0.319. The molecular weight excluding hydrogens is 640 g/mol. The molecule has 4 heterocycles. The van der Waals surface area contributed by atoms with Gasteiger partial charge in [0.15, 0.2) is 0 Å². The van der Waals surface area contributed by atoms with Crippen molar-refractivity contribution in [2.75, 3.05) is 39.6 Å². The predicted octanol–water partition coefficient (Wildman–Crippen LogP) is 6.42. The Bertz CT molecular complexity index is 1660. The molecule has 0 bridgehead atoms. The van der Waals surface area contributed by atoms with E-state index in [-0.39, 0.29) is 0 Å². The molecule has 0 N–H and O–H groups in total. The smallest absolute Gasteiger partial charge is 0.343 e. The van der Waals surface area contributed by atoms with Gasteiger partial charge in [0.25, 0.3) is 0 Å². The maximum atomic E-state index is 13.1. The van der Waals surface area contributed by atoms with Crippen molar-refractivity contribution in [1.29, 1.82) is 0 Å². The number of ether oxygens (including phenoxy) is 8. The van der Waals surface area contributed by atoms with Gasteiger partial charge >= 0.3 is 11.9 Å². The molecule has 6 unspecified atom stereocenters. The van der Waals surface area contributed by atoms with E-state index in [1.54, 1.807) is 72.8 Å². The van der Waals surface area contributed by atoms with Crippen LogP contribution in [0.1, 0.15) is 46.4 Å². The monoisotopic (exact) mass is 680 g/mol. The maximum absolute atomic E-state index is 13.1. The van der Waals surface area contributed by atoms with E-state index in [0.29, 0.717) is 94.4 Å². The van der Waals surface area contributed by atoms with E-state index in [4.69, 9.17) is 37.9 Å². The van der Waals surface area contributed by atoms with Gasteiger partial charge < -0.3 is 37.9 Å². The van der Waals surface area contributed by atoms with Gasteiger partial charge in [-0.05, 0) is 98.2 Å². The first-order valence-electron chi connectivity index (χ1n) is 17.4. The molecule has 4 aromatic rings. The molecule has 0 saturated carbocycles. The van der Waals surface area contributed by atoms with Crippen LogP contribution in [-0.4, -0.2) is 76.0 Å². The Morgan fingerprint density at radius 2 is 0.960 bits per heavy atom. The van der Waals surface area contributed by atoms with Crippen molar-refractivity contribution in [3.05, 3.63) is 96.1 Å². The summed E-state index contributed by atoms with van der Waals surface area (Å²) in [6.45, 7) is 4.46. The lowest BCUT2D eigenvalue weighted by Crippen LogP contribution is -2.15. The lowest BCUT2D eigenvalue weighted by atomic mass is 9.97. The van der Waals surface area contributed by atoms with Gasteiger partial charge in [-0.15, -0.1) is 0 Å². The zero-order valence-electron chi connectivity index (χ0n) is 27.7. The highest BCUT2D eigenvalue weighted by atomic mass is 16.6. The molecule has 6 atom stereocenters. The third-order valence-electron chi connectivity index (χ3n) is 9.65. The van der Waals surface area contributed by atoms with Crippen molar-refractivity contribution in [2.24, 2.45) is 11.8 Å². The fraction of sp³-hybridized carbons (Fsp3) is 0.400. The number of epoxide rings is 4. The number of carbonyl (C=O) groups is 2. The molecule has 4 aromatic carbocycles. The van der Waals surface area contributed by atoms with Crippen LogP contribution in [0.5, 0.6) is 23.0 Å². The minimum Gasteiger partial charge on any atom is -0.494 e. The highest BCUT2D eigenvalue weighted by molar-refractivity contribution is 5.99. The molecule has 0 spiro atoms. The van der Waals surface area contributed by atoms with E-state index in [9.17, 15) is 9.59 Å². The van der Waals surface area contributed by atoms with E-state index >= 15 is 0 Å². The lowest BCUT2D eigenvalue weighted by molar-refractivity contribution is 0.0725. The number of carbonyl (C=O) groups excluding carboxylic acids is 2. The Hall–Kier alpha value is -4.48. The quantitative estimate of drug-likeness (QED) is 0.0661. The lowest BCUT2D eigenvalue weighted by Gasteiger charge is -2.14. The van der Waals surface area contributed by atoms with Gasteiger partial charge in [-0.25, -0.2) is 9.59 Å². The summed E-state index contributed by atoms with van der Waals surface area (Å²) in [6.07, 6.45) is 5.17. The molecule has 0 amide bonds. The Balaban J connectivity index is 0.843. The maximum Gasteiger partial charge on any atom is 0.343 e. The van der Waals surface area contributed by atoms with Gasteiger partial charge in [0.2, 0.25) is 0 Å². The van der Waals surface area contributed by atoms with Gasteiger partial charge in [-0.1, -0.05) is 24.3 Å². The molecule has 0 aliphatic carbocycles. The van der Waals surface area contributed by atoms with Gasteiger partial charge in [-0.2, -0.15) is 0 Å². The average molecular weight is 681 g/mol. The first kappa shape index (κ1) is 32.7. The number of hydrogen-bond acceptors (Lipinski definition) is 10. The van der Waals surface area contributed by atoms with Crippen LogP contribution in [0.15, 0.2) is 84.9 Å². The largest absolute Gasteiger partial charge is 0.494 e. The molecule has 8 rings (SSSR count). The number of benzene rings is 4. The Kier molecular flexibility index (Phi) is 9.67. The highest BCUT2D eigenvalue weighted by Crippen LogP contribution is 2.35. The summed E-state index contributed by atoms with van der Waals surface area (Å²) < 4.78 is 45.3. The Morgan fingerprint density at radius 3 is 1.32 bits per heavy atom. The molecule has 10 nitrogen and oxygen atoms in total. The van der Waals surface area contributed by atoms with E-state index < -0.39 is 11.9 Å². The summed E-state index contributed by atoms with van der Waals surface area (Å²) in [6, 6.07) is 24.5. The first-order chi connectivity index (χ1) is 24.6. The summed E-state index contributed by atoms with van der Waals surface area (Å²) in [5.74, 6) is 1.97.